The first-order chi connectivity index (χ1) is 15.2. The maximum Gasteiger partial charge on any atom is 0.235 e. The van der Waals surface area contributed by atoms with Gasteiger partial charge >= 0.3 is 0 Å². The van der Waals surface area contributed by atoms with Crippen LogP contribution in [0.1, 0.15) is 30.9 Å². The highest BCUT2D eigenvalue weighted by atomic mass is 16.2. The number of hydrogen-bond donors (Lipinski definition) is 1. The number of piperidine rings is 1. The van der Waals surface area contributed by atoms with Crippen LogP contribution in [0.2, 0.25) is 0 Å². The van der Waals surface area contributed by atoms with Crippen molar-refractivity contribution in [2.24, 2.45) is 0 Å². The Morgan fingerprint density at radius 1 is 0.903 bits per heavy atom. The molecule has 3 heterocycles. The van der Waals surface area contributed by atoms with Gasteiger partial charge in [0.15, 0.2) is 0 Å². The molecule has 0 bridgehead atoms. The number of amides is 1. The highest BCUT2D eigenvalue weighted by Gasteiger charge is 2.48. The smallest absolute Gasteiger partial charge is 0.235 e. The summed E-state index contributed by atoms with van der Waals surface area (Å²) in [5.41, 5.74) is 5.82. The molecule has 1 N–H and O–H groups in total. The van der Waals surface area contributed by atoms with Crippen LogP contribution in [0.25, 0.3) is 21.8 Å². The Labute approximate surface area is 182 Å². The van der Waals surface area contributed by atoms with Crippen LogP contribution in [-0.2, 0) is 23.3 Å². The van der Waals surface area contributed by atoms with Crippen LogP contribution in [0.3, 0.4) is 0 Å². The van der Waals surface area contributed by atoms with Crippen molar-refractivity contribution in [3.63, 3.8) is 0 Å². The van der Waals surface area contributed by atoms with Crippen molar-refractivity contribution < 1.29 is 4.79 Å². The molecule has 3 aromatic carbocycles. The first-order valence-corrected chi connectivity index (χ1v) is 11.3. The minimum Gasteiger partial charge on any atom is -0.341 e. The number of anilines is 1. The molecule has 0 saturated carbocycles. The van der Waals surface area contributed by atoms with Gasteiger partial charge in [-0.2, -0.15) is 0 Å². The zero-order chi connectivity index (χ0) is 21.0. The maximum absolute atomic E-state index is 12.8. The zero-order valence-corrected chi connectivity index (χ0v) is 17.9. The fourth-order valence-corrected chi connectivity index (χ4v) is 5.76. The molecule has 2 aliphatic heterocycles. The van der Waals surface area contributed by atoms with Crippen molar-refractivity contribution in [1.29, 1.82) is 0 Å². The summed E-state index contributed by atoms with van der Waals surface area (Å²) in [7, 11) is 0. The van der Waals surface area contributed by atoms with Crippen molar-refractivity contribution in [3.8, 4) is 0 Å². The second-order valence-electron chi connectivity index (χ2n) is 8.97. The van der Waals surface area contributed by atoms with Gasteiger partial charge < -0.3 is 9.88 Å². The van der Waals surface area contributed by atoms with Gasteiger partial charge in [-0.25, -0.2) is 0 Å². The van der Waals surface area contributed by atoms with E-state index in [0.717, 1.165) is 44.7 Å². The Morgan fingerprint density at radius 2 is 1.65 bits per heavy atom. The van der Waals surface area contributed by atoms with Gasteiger partial charge in [0, 0.05) is 40.6 Å². The molecule has 1 amide bonds. The predicted molar refractivity (Wildman–Crippen MR) is 126 cm³/mol. The summed E-state index contributed by atoms with van der Waals surface area (Å²) in [6.45, 7) is 6.00. The molecule has 1 spiro atoms. The maximum atomic E-state index is 12.8. The molecule has 4 nitrogen and oxygen atoms in total. The van der Waals surface area contributed by atoms with Crippen LogP contribution in [0.4, 0.5) is 5.69 Å². The van der Waals surface area contributed by atoms with E-state index in [1.807, 2.05) is 12.1 Å². The lowest BCUT2D eigenvalue weighted by atomic mass is 9.73. The van der Waals surface area contributed by atoms with E-state index in [-0.39, 0.29) is 11.3 Å². The van der Waals surface area contributed by atoms with Gasteiger partial charge in [-0.05, 0) is 62.2 Å². The summed E-state index contributed by atoms with van der Waals surface area (Å²) < 4.78 is 2.42. The number of nitrogens with zero attached hydrogens (tertiary/aromatic N) is 2. The van der Waals surface area contributed by atoms with Crippen molar-refractivity contribution in [2.75, 3.05) is 18.4 Å². The number of para-hydroxylation sites is 2. The molecule has 1 saturated heterocycles. The highest BCUT2D eigenvalue weighted by Crippen LogP contribution is 2.45. The van der Waals surface area contributed by atoms with Crippen molar-refractivity contribution in [1.82, 2.24) is 9.47 Å². The molecule has 1 aromatic heterocycles. The predicted octanol–water partition coefficient (Wildman–Crippen LogP) is 5.30. The van der Waals surface area contributed by atoms with Crippen LogP contribution in [0, 0.1) is 0 Å². The second kappa shape index (κ2) is 6.96. The number of aryl methyl sites for hydroxylation is 1. The Morgan fingerprint density at radius 3 is 2.48 bits per heavy atom. The summed E-state index contributed by atoms with van der Waals surface area (Å²) in [5.74, 6) is 0.183. The fourth-order valence-electron chi connectivity index (χ4n) is 5.76. The average Bonchev–Trinajstić information content (AvgIpc) is 3.27. The number of likely N-dealkylation sites (tertiary alicyclic amines) is 1. The van der Waals surface area contributed by atoms with E-state index in [2.05, 4.69) is 76.3 Å². The van der Waals surface area contributed by atoms with Crippen molar-refractivity contribution in [3.05, 3.63) is 77.9 Å². The molecule has 0 atom stereocenters. The van der Waals surface area contributed by atoms with Crippen molar-refractivity contribution in [2.45, 2.75) is 38.3 Å². The Hall–Kier alpha value is -3.11. The SMILES string of the molecule is CCn1c2ccccc2c2ccc(CN3CCC4(CC3)C(=O)Nc3ccccc34)cc21. The molecule has 0 aliphatic carbocycles. The van der Waals surface area contributed by atoms with E-state index in [1.54, 1.807) is 0 Å². The number of hydrogen-bond acceptors (Lipinski definition) is 2. The molecule has 1 fully saturated rings. The third-order valence-electron chi connectivity index (χ3n) is 7.40. The molecule has 0 radical (unpaired) electrons. The number of rotatable bonds is 3. The monoisotopic (exact) mass is 409 g/mol. The molecule has 6 rings (SSSR count). The topological polar surface area (TPSA) is 37.3 Å². The van der Waals surface area contributed by atoms with E-state index in [1.165, 1.54) is 32.9 Å². The standard InChI is InChI=1S/C27H27N3O/c1-2-30-24-10-6-3-7-20(24)21-12-11-19(17-25(21)30)18-29-15-13-27(14-16-29)22-8-4-5-9-23(22)28-26(27)31/h3-12,17H,2,13-16,18H2,1H3,(H,28,31). The molecule has 31 heavy (non-hydrogen) atoms. The number of benzene rings is 3. The van der Waals surface area contributed by atoms with E-state index in [9.17, 15) is 4.79 Å². The van der Waals surface area contributed by atoms with Gasteiger partial charge in [0.2, 0.25) is 5.91 Å². The lowest BCUT2D eigenvalue weighted by Crippen LogP contribution is -2.46. The highest BCUT2D eigenvalue weighted by molar-refractivity contribution is 6.08. The van der Waals surface area contributed by atoms with E-state index in [4.69, 9.17) is 0 Å². The molecule has 0 unspecified atom stereocenters. The van der Waals surface area contributed by atoms with E-state index in [0.29, 0.717) is 0 Å². The second-order valence-corrected chi connectivity index (χ2v) is 8.97. The Bertz CT molecular complexity index is 1310. The quantitative estimate of drug-likeness (QED) is 0.499. The number of carbonyl (C=O) groups is 1. The molecular formula is C27H27N3O. The number of nitrogens with one attached hydrogen (secondary N) is 1. The average molecular weight is 410 g/mol. The molecule has 156 valence electrons. The third kappa shape index (κ3) is 2.75. The summed E-state index contributed by atoms with van der Waals surface area (Å²) in [5, 5.41) is 5.77. The number of aromatic nitrogens is 1. The van der Waals surface area contributed by atoms with Gasteiger partial charge in [-0.1, -0.05) is 48.5 Å². The summed E-state index contributed by atoms with van der Waals surface area (Å²) in [4.78, 5) is 15.3. The van der Waals surface area contributed by atoms with Gasteiger partial charge in [-0.3, -0.25) is 9.69 Å². The van der Waals surface area contributed by atoms with Gasteiger partial charge in [0.1, 0.15) is 0 Å². The Kier molecular flexibility index (Phi) is 4.19. The largest absolute Gasteiger partial charge is 0.341 e. The number of fused-ring (bicyclic) bond motifs is 5. The van der Waals surface area contributed by atoms with Gasteiger partial charge in [0.05, 0.1) is 5.41 Å². The minimum atomic E-state index is -0.342. The fraction of sp³-hybridized carbons (Fsp3) is 0.296. The normalized spacial score (nSPS) is 18.0. The molecule has 2 aliphatic rings. The van der Waals surface area contributed by atoms with E-state index < -0.39 is 0 Å². The molecule has 4 heteroatoms. The lowest BCUT2D eigenvalue weighted by Gasteiger charge is -2.38. The lowest BCUT2D eigenvalue weighted by molar-refractivity contribution is -0.122. The summed E-state index contributed by atoms with van der Waals surface area (Å²) in [6, 6.07) is 23.8. The van der Waals surface area contributed by atoms with Crippen molar-refractivity contribution >= 4 is 33.4 Å². The molecule has 4 aromatic rings. The van der Waals surface area contributed by atoms with Gasteiger partial charge in [0.25, 0.3) is 0 Å². The van der Waals surface area contributed by atoms with Crippen LogP contribution in [0.5, 0.6) is 0 Å². The minimum absolute atomic E-state index is 0.183. The first-order valence-electron chi connectivity index (χ1n) is 11.3. The molecular weight excluding hydrogens is 382 g/mol. The first kappa shape index (κ1) is 18.6. The zero-order valence-electron chi connectivity index (χ0n) is 17.9. The van der Waals surface area contributed by atoms with Crippen LogP contribution in [-0.4, -0.2) is 28.5 Å². The summed E-state index contributed by atoms with van der Waals surface area (Å²) >= 11 is 0. The Balaban J connectivity index is 1.26. The summed E-state index contributed by atoms with van der Waals surface area (Å²) in [6.07, 6.45) is 1.76. The van der Waals surface area contributed by atoms with Crippen LogP contribution < -0.4 is 5.32 Å². The van der Waals surface area contributed by atoms with Crippen LogP contribution >= 0.6 is 0 Å². The third-order valence-corrected chi connectivity index (χ3v) is 7.40. The van der Waals surface area contributed by atoms with E-state index >= 15 is 0 Å². The van der Waals surface area contributed by atoms with Gasteiger partial charge in [-0.15, -0.1) is 0 Å². The van der Waals surface area contributed by atoms with Crippen LogP contribution in [0.15, 0.2) is 66.7 Å². The number of carbonyl (C=O) groups excluding carboxylic acids is 1.